The van der Waals surface area contributed by atoms with Gasteiger partial charge in [-0.05, 0) is 36.2 Å². The Morgan fingerprint density at radius 2 is 1.79 bits per heavy atom. The van der Waals surface area contributed by atoms with E-state index < -0.39 is 0 Å². The first kappa shape index (κ1) is 13.4. The molecular weight excluding hydrogens is 238 g/mol. The van der Waals surface area contributed by atoms with Gasteiger partial charge in [-0.1, -0.05) is 18.2 Å². The number of rotatable bonds is 4. The smallest absolute Gasteiger partial charge is 0.126 e. The van der Waals surface area contributed by atoms with Crippen molar-refractivity contribution >= 4 is 0 Å². The molecule has 0 saturated heterocycles. The highest BCUT2D eigenvalue weighted by atomic mass is 16.5. The summed E-state index contributed by atoms with van der Waals surface area (Å²) in [4.78, 5) is 0. The van der Waals surface area contributed by atoms with Gasteiger partial charge < -0.3 is 15.2 Å². The maximum atomic E-state index is 5.80. The fourth-order valence-corrected chi connectivity index (χ4v) is 2.33. The Morgan fingerprint density at radius 1 is 1.05 bits per heavy atom. The summed E-state index contributed by atoms with van der Waals surface area (Å²) >= 11 is 0. The number of hydrogen-bond donors (Lipinski definition) is 1. The van der Waals surface area contributed by atoms with Gasteiger partial charge in [0.05, 0.1) is 14.2 Å². The molecular formula is C16H19NO2. The quantitative estimate of drug-likeness (QED) is 0.915. The molecule has 2 N–H and O–H groups in total. The predicted molar refractivity (Wildman–Crippen MR) is 77.6 cm³/mol. The molecule has 100 valence electrons. The van der Waals surface area contributed by atoms with E-state index in [1.54, 1.807) is 14.2 Å². The largest absolute Gasteiger partial charge is 0.496 e. The second-order valence-corrected chi connectivity index (χ2v) is 4.39. The summed E-state index contributed by atoms with van der Waals surface area (Å²) in [7, 11) is 3.35. The molecule has 2 aromatic carbocycles. The van der Waals surface area contributed by atoms with E-state index in [1.165, 1.54) is 0 Å². The standard InChI is InChI=1S/C16H19NO2/c1-11-8-12(9-13(10-17)16(11)19-3)14-6-4-5-7-15(14)18-2/h4-9H,10,17H2,1-3H3. The molecule has 0 aliphatic carbocycles. The molecule has 3 nitrogen and oxygen atoms in total. The van der Waals surface area contributed by atoms with Crippen molar-refractivity contribution in [3.8, 4) is 22.6 Å². The summed E-state index contributed by atoms with van der Waals surface area (Å²) in [6.07, 6.45) is 0. The third-order valence-electron chi connectivity index (χ3n) is 3.19. The Kier molecular flexibility index (Phi) is 4.07. The molecule has 2 rings (SSSR count). The molecule has 0 amide bonds. The van der Waals surface area contributed by atoms with Crippen molar-refractivity contribution in [2.75, 3.05) is 14.2 Å². The molecule has 0 aromatic heterocycles. The minimum absolute atomic E-state index is 0.451. The number of aryl methyl sites for hydroxylation is 1. The normalized spacial score (nSPS) is 10.3. The lowest BCUT2D eigenvalue weighted by Gasteiger charge is -2.14. The highest BCUT2D eigenvalue weighted by Gasteiger charge is 2.11. The van der Waals surface area contributed by atoms with Crippen molar-refractivity contribution < 1.29 is 9.47 Å². The van der Waals surface area contributed by atoms with Crippen LogP contribution in [0.1, 0.15) is 11.1 Å². The maximum absolute atomic E-state index is 5.80. The lowest BCUT2D eigenvalue weighted by molar-refractivity contribution is 0.406. The summed E-state index contributed by atoms with van der Waals surface area (Å²) < 4.78 is 10.8. The third-order valence-corrected chi connectivity index (χ3v) is 3.19. The molecule has 0 saturated carbocycles. The number of ether oxygens (including phenoxy) is 2. The van der Waals surface area contributed by atoms with Crippen LogP contribution in [0.5, 0.6) is 11.5 Å². The van der Waals surface area contributed by atoms with Gasteiger partial charge in [-0.2, -0.15) is 0 Å². The molecule has 2 aromatic rings. The van der Waals surface area contributed by atoms with Crippen molar-refractivity contribution in [3.63, 3.8) is 0 Å². The third kappa shape index (κ3) is 2.56. The minimum Gasteiger partial charge on any atom is -0.496 e. The number of methoxy groups -OCH3 is 2. The Morgan fingerprint density at radius 3 is 2.42 bits per heavy atom. The summed E-state index contributed by atoms with van der Waals surface area (Å²) in [5, 5.41) is 0. The molecule has 0 unspecified atom stereocenters. The van der Waals surface area contributed by atoms with Crippen molar-refractivity contribution in [1.29, 1.82) is 0 Å². The van der Waals surface area contributed by atoms with Crippen LogP contribution in [0, 0.1) is 6.92 Å². The summed E-state index contributed by atoms with van der Waals surface area (Å²) in [5.41, 5.74) is 10.0. The summed E-state index contributed by atoms with van der Waals surface area (Å²) in [6.45, 7) is 2.48. The van der Waals surface area contributed by atoms with Crippen LogP contribution in [0.2, 0.25) is 0 Å². The van der Waals surface area contributed by atoms with E-state index in [0.29, 0.717) is 6.54 Å². The first-order chi connectivity index (χ1) is 9.21. The van der Waals surface area contributed by atoms with Crippen LogP contribution in [-0.4, -0.2) is 14.2 Å². The Hall–Kier alpha value is -2.00. The zero-order valence-corrected chi connectivity index (χ0v) is 11.6. The van der Waals surface area contributed by atoms with E-state index in [4.69, 9.17) is 15.2 Å². The molecule has 0 heterocycles. The van der Waals surface area contributed by atoms with E-state index in [9.17, 15) is 0 Å². The van der Waals surface area contributed by atoms with Crippen LogP contribution in [0.25, 0.3) is 11.1 Å². The van der Waals surface area contributed by atoms with Crippen LogP contribution in [-0.2, 0) is 6.54 Å². The van der Waals surface area contributed by atoms with Gasteiger partial charge in [0.1, 0.15) is 11.5 Å². The van der Waals surface area contributed by atoms with Crippen LogP contribution in [0.4, 0.5) is 0 Å². The molecule has 0 aliphatic rings. The highest BCUT2D eigenvalue weighted by molar-refractivity contribution is 5.73. The van der Waals surface area contributed by atoms with Gasteiger partial charge in [0.25, 0.3) is 0 Å². The Balaban J connectivity index is 2.60. The first-order valence-corrected chi connectivity index (χ1v) is 6.22. The molecule has 0 radical (unpaired) electrons. The Labute approximate surface area is 114 Å². The van der Waals surface area contributed by atoms with E-state index in [0.717, 1.165) is 33.8 Å². The number of benzene rings is 2. The Bertz CT molecular complexity index is 579. The lowest BCUT2D eigenvalue weighted by Crippen LogP contribution is -2.02. The number of hydrogen-bond acceptors (Lipinski definition) is 3. The average molecular weight is 257 g/mol. The number of para-hydroxylation sites is 1. The zero-order valence-electron chi connectivity index (χ0n) is 11.6. The maximum Gasteiger partial charge on any atom is 0.126 e. The first-order valence-electron chi connectivity index (χ1n) is 6.22. The highest BCUT2D eigenvalue weighted by Crippen LogP contribution is 2.34. The second-order valence-electron chi connectivity index (χ2n) is 4.39. The fourth-order valence-electron chi connectivity index (χ4n) is 2.33. The molecule has 0 fully saturated rings. The van der Waals surface area contributed by atoms with Crippen LogP contribution in [0.15, 0.2) is 36.4 Å². The van der Waals surface area contributed by atoms with Crippen LogP contribution in [0.3, 0.4) is 0 Å². The lowest BCUT2D eigenvalue weighted by atomic mass is 9.98. The van der Waals surface area contributed by atoms with Gasteiger partial charge in [0.2, 0.25) is 0 Å². The molecule has 0 bridgehead atoms. The van der Waals surface area contributed by atoms with E-state index in [2.05, 4.69) is 12.1 Å². The molecule has 3 heteroatoms. The summed E-state index contributed by atoms with van der Waals surface area (Å²) in [5.74, 6) is 1.72. The average Bonchev–Trinajstić information content (AvgIpc) is 2.46. The van der Waals surface area contributed by atoms with Gasteiger partial charge in [0, 0.05) is 17.7 Å². The van der Waals surface area contributed by atoms with Gasteiger partial charge in [-0.15, -0.1) is 0 Å². The van der Waals surface area contributed by atoms with E-state index in [-0.39, 0.29) is 0 Å². The van der Waals surface area contributed by atoms with Crippen LogP contribution >= 0.6 is 0 Å². The fraction of sp³-hybridized carbons (Fsp3) is 0.250. The van der Waals surface area contributed by atoms with Crippen molar-refractivity contribution in [2.45, 2.75) is 13.5 Å². The molecule has 0 atom stereocenters. The minimum atomic E-state index is 0.451. The predicted octanol–water partition coefficient (Wildman–Crippen LogP) is 3.14. The zero-order chi connectivity index (χ0) is 13.8. The van der Waals surface area contributed by atoms with Crippen molar-refractivity contribution in [3.05, 3.63) is 47.5 Å². The molecule has 0 aliphatic heterocycles. The van der Waals surface area contributed by atoms with Crippen molar-refractivity contribution in [2.24, 2.45) is 5.73 Å². The van der Waals surface area contributed by atoms with Gasteiger partial charge >= 0.3 is 0 Å². The SMILES string of the molecule is COc1ccccc1-c1cc(C)c(OC)c(CN)c1. The van der Waals surface area contributed by atoms with Crippen LogP contribution < -0.4 is 15.2 Å². The molecule has 19 heavy (non-hydrogen) atoms. The van der Waals surface area contributed by atoms with Gasteiger partial charge in [-0.25, -0.2) is 0 Å². The second kappa shape index (κ2) is 5.76. The number of nitrogens with two attached hydrogens (primary N) is 1. The summed E-state index contributed by atoms with van der Waals surface area (Å²) in [6, 6.07) is 12.1. The monoisotopic (exact) mass is 257 g/mol. The van der Waals surface area contributed by atoms with Crippen molar-refractivity contribution in [1.82, 2.24) is 0 Å². The molecule has 0 spiro atoms. The van der Waals surface area contributed by atoms with Gasteiger partial charge in [-0.3, -0.25) is 0 Å². The van der Waals surface area contributed by atoms with Gasteiger partial charge in [0.15, 0.2) is 0 Å². The van der Waals surface area contributed by atoms with E-state index >= 15 is 0 Å². The topological polar surface area (TPSA) is 44.5 Å². The van der Waals surface area contributed by atoms with E-state index in [1.807, 2.05) is 31.2 Å².